The van der Waals surface area contributed by atoms with Gasteiger partial charge in [0.1, 0.15) is 16.8 Å². The number of hydrogen-bond donors (Lipinski definition) is 1. The van der Waals surface area contributed by atoms with Crippen LogP contribution in [0.4, 0.5) is 19.6 Å². The van der Waals surface area contributed by atoms with E-state index in [0.717, 1.165) is 28.2 Å². The van der Waals surface area contributed by atoms with Crippen LogP contribution in [0.3, 0.4) is 0 Å². The van der Waals surface area contributed by atoms with Crippen LogP contribution < -0.4 is 10.1 Å². The van der Waals surface area contributed by atoms with Crippen molar-refractivity contribution in [1.29, 1.82) is 0 Å². The van der Waals surface area contributed by atoms with Crippen molar-refractivity contribution in [2.45, 2.75) is 12.8 Å². The zero-order valence-electron chi connectivity index (χ0n) is 14.2. The van der Waals surface area contributed by atoms with E-state index in [1.165, 1.54) is 11.3 Å². The number of hydrogen-bond acceptors (Lipinski definition) is 5. The van der Waals surface area contributed by atoms with Crippen LogP contribution in [0.15, 0.2) is 42.7 Å². The van der Waals surface area contributed by atoms with Crippen LogP contribution in [0.1, 0.15) is 6.92 Å². The van der Waals surface area contributed by atoms with Gasteiger partial charge in [-0.25, -0.2) is 18.7 Å². The van der Waals surface area contributed by atoms with Crippen molar-refractivity contribution < 1.29 is 13.5 Å². The molecule has 2 aromatic carbocycles. The first-order valence-corrected chi connectivity index (χ1v) is 8.80. The summed E-state index contributed by atoms with van der Waals surface area (Å²) in [7, 11) is 1.93. The van der Waals surface area contributed by atoms with Gasteiger partial charge in [0.25, 0.3) is 5.92 Å². The SMILES string of the molecule is Cn1cnc2c3nc(Nc4ccccc4OCC(C)(F)F)sc3ccc21. The largest absolute Gasteiger partial charge is 0.485 e. The van der Waals surface area contributed by atoms with Gasteiger partial charge in [-0.1, -0.05) is 23.5 Å². The van der Waals surface area contributed by atoms with Crippen LogP contribution in [0, 0.1) is 0 Å². The quantitative estimate of drug-likeness (QED) is 0.536. The Kier molecular flexibility index (Phi) is 3.99. The number of nitrogens with zero attached hydrogens (tertiary/aromatic N) is 3. The molecule has 2 aromatic heterocycles. The van der Waals surface area contributed by atoms with E-state index in [4.69, 9.17) is 4.74 Å². The molecule has 4 rings (SSSR count). The molecule has 0 aliphatic rings. The molecule has 0 aliphatic carbocycles. The predicted molar refractivity (Wildman–Crippen MR) is 99.7 cm³/mol. The highest BCUT2D eigenvalue weighted by molar-refractivity contribution is 7.22. The Hall–Kier alpha value is -2.74. The third kappa shape index (κ3) is 3.20. The molecule has 26 heavy (non-hydrogen) atoms. The van der Waals surface area contributed by atoms with E-state index in [2.05, 4.69) is 15.3 Å². The number of halogens is 2. The van der Waals surface area contributed by atoms with Crippen LogP contribution in [-0.4, -0.2) is 27.1 Å². The molecule has 134 valence electrons. The fourth-order valence-corrected chi connectivity index (χ4v) is 3.54. The van der Waals surface area contributed by atoms with Gasteiger partial charge in [0.05, 0.1) is 22.2 Å². The van der Waals surface area contributed by atoms with Gasteiger partial charge in [-0.05, 0) is 24.3 Å². The van der Waals surface area contributed by atoms with Crippen LogP contribution in [0.5, 0.6) is 5.75 Å². The number of fused-ring (bicyclic) bond motifs is 3. The lowest BCUT2D eigenvalue weighted by Gasteiger charge is -2.15. The summed E-state index contributed by atoms with van der Waals surface area (Å²) in [6.45, 7) is 0.148. The third-order valence-electron chi connectivity index (χ3n) is 3.86. The van der Waals surface area contributed by atoms with Crippen LogP contribution >= 0.6 is 11.3 Å². The van der Waals surface area contributed by atoms with Crippen molar-refractivity contribution in [3.8, 4) is 5.75 Å². The zero-order chi connectivity index (χ0) is 18.3. The van der Waals surface area contributed by atoms with Crippen molar-refractivity contribution in [2.75, 3.05) is 11.9 Å². The molecular formula is C18H16F2N4OS. The zero-order valence-corrected chi connectivity index (χ0v) is 15.0. The molecule has 8 heteroatoms. The average molecular weight is 374 g/mol. The highest BCUT2D eigenvalue weighted by Crippen LogP contribution is 2.35. The number of benzene rings is 2. The summed E-state index contributed by atoms with van der Waals surface area (Å²) in [6.07, 6.45) is 1.75. The summed E-state index contributed by atoms with van der Waals surface area (Å²) >= 11 is 1.47. The van der Waals surface area contributed by atoms with E-state index in [0.29, 0.717) is 16.6 Å². The number of nitrogens with one attached hydrogen (secondary N) is 1. The number of alkyl halides is 2. The fourth-order valence-electron chi connectivity index (χ4n) is 2.66. The first-order valence-electron chi connectivity index (χ1n) is 7.98. The lowest BCUT2D eigenvalue weighted by molar-refractivity contribution is -0.0227. The molecule has 0 radical (unpaired) electrons. The van der Waals surface area contributed by atoms with Gasteiger partial charge >= 0.3 is 0 Å². The minimum absolute atomic E-state index is 0.358. The Labute approximate surface area is 152 Å². The second kappa shape index (κ2) is 6.21. The summed E-state index contributed by atoms with van der Waals surface area (Å²) in [5, 5.41) is 3.82. The number of rotatable bonds is 5. The molecule has 0 fully saturated rings. The molecule has 0 spiro atoms. The Bertz CT molecular complexity index is 1080. The molecule has 0 saturated carbocycles. The second-order valence-electron chi connectivity index (χ2n) is 6.13. The van der Waals surface area contributed by atoms with Crippen molar-refractivity contribution in [2.24, 2.45) is 7.05 Å². The molecule has 0 atom stereocenters. The summed E-state index contributed by atoms with van der Waals surface area (Å²) in [6, 6.07) is 11.0. The lowest BCUT2D eigenvalue weighted by atomic mass is 10.3. The maximum absolute atomic E-state index is 13.1. The number of imidazole rings is 1. The van der Waals surface area contributed by atoms with Gasteiger partial charge in [0.2, 0.25) is 0 Å². The average Bonchev–Trinajstić information content (AvgIpc) is 3.16. The molecule has 5 nitrogen and oxygen atoms in total. The standard InChI is InChI=1S/C18H16F2N4OS/c1-18(19,20)9-25-13-6-4-3-5-11(13)22-17-23-16-14(26-17)8-7-12-15(16)21-10-24(12)2/h3-8,10H,9H2,1-2H3,(H,22,23). The molecule has 0 aliphatic heterocycles. The molecule has 0 amide bonds. The van der Waals surface area contributed by atoms with Crippen LogP contribution in [-0.2, 0) is 7.05 Å². The molecule has 0 bridgehead atoms. The smallest absolute Gasteiger partial charge is 0.278 e. The molecule has 4 aromatic rings. The number of aryl methyl sites for hydroxylation is 1. The molecular weight excluding hydrogens is 358 g/mol. The van der Waals surface area contributed by atoms with E-state index >= 15 is 0 Å². The minimum atomic E-state index is -2.90. The monoisotopic (exact) mass is 374 g/mol. The van der Waals surface area contributed by atoms with Gasteiger partial charge < -0.3 is 14.6 Å². The van der Waals surface area contributed by atoms with Crippen LogP contribution in [0.2, 0.25) is 0 Å². The molecule has 1 N–H and O–H groups in total. The summed E-state index contributed by atoms with van der Waals surface area (Å²) < 4.78 is 34.4. The fraction of sp³-hybridized carbons (Fsp3) is 0.222. The topological polar surface area (TPSA) is 52.0 Å². The summed E-state index contributed by atoms with van der Waals surface area (Å²) in [4.78, 5) is 9.04. The second-order valence-corrected chi connectivity index (χ2v) is 7.17. The van der Waals surface area contributed by atoms with Crippen molar-refractivity contribution in [3.63, 3.8) is 0 Å². The number of ether oxygens (including phenoxy) is 1. The van der Waals surface area contributed by atoms with E-state index in [-0.39, 0.29) is 0 Å². The van der Waals surface area contributed by atoms with E-state index in [9.17, 15) is 8.78 Å². The maximum Gasteiger partial charge on any atom is 0.278 e. The summed E-state index contributed by atoms with van der Waals surface area (Å²) in [5.74, 6) is -2.54. The number of para-hydroxylation sites is 2. The van der Waals surface area contributed by atoms with Gasteiger partial charge in [-0.3, -0.25) is 0 Å². The van der Waals surface area contributed by atoms with Crippen LogP contribution in [0.25, 0.3) is 21.3 Å². The Morgan fingerprint density at radius 2 is 2.00 bits per heavy atom. The van der Waals surface area contributed by atoms with Crippen molar-refractivity contribution in [1.82, 2.24) is 14.5 Å². The maximum atomic E-state index is 13.1. The third-order valence-corrected chi connectivity index (χ3v) is 4.80. The Morgan fingerprint density at radius 3 is 2.81 bits per heavy atom. The van der Waals surface area contributed by atoms with Gasteiger partial charge in [-0.2, -0.15) is 0 Å². The normalized spacial score (nSPS) is 12.0. The van der Waals surface area contributed by atoms with Crippen molar-refractivity contribution in [3.05, 3.63) is 42.7 Å². The van der Waals surface area contributed by atoms with E-state index in [1.54, 1.807) is 24.5 Å². The highest BCUT2D eigenvalue weighted by Gasteiger charge is 2.22. The van der Waals surface area contributed by atoms with E-state index in [1.807, 2.05) is 29.8 Å². The number of thiazole rings is 1. The minimum Gasteiger partial charge on any atom is -0.485 e. The number of aromatic nitrogens is 3. The van der Waals surface area contributed by atoms with Gasteiger partial charge in [-0.15, -0.1) is 0 Å². The lowest BCUT2D eigenvalue weighted by Crippen LogP contribution is -2.21. The first-order chi connectivity index (χ1) is 12.4. The predicted octanol–water partition coefficient (Wildman–Crippen LogP) is 4.96. The molecule has 2 heterocycles. The first kappa shape index (κ1) is 16.7. The highest BCUT2D eigenvalue weighted by atomic mass is 32.1. The van der Waals surface area contributed by atoms with Gasteiger partial charge in [0, 0.05) is 14.0 Å². The van der Waals surface area contributed by atoms with Gasteiger partial charge in [0.15, 0.2) is 11.7 Å². The Morgan fingerprint density at radius 1 is 1.19 bits per heavy atom. The van der Waals surface area contributed by atoms with Crippen molar-refractivity contribution >= 4 is 43.4 Å². The molecule has 0 unspecified atom stereocenters. The molecule has 0 saturated heterocycles. The summed E-state index contributed by atoms with van der Waals surface area (Å²) in [5.41, 5.74) is 3.25. The number of anilines is 2. The Balaban J connectivity index is 1.66. The van der Waals surface area contributed by atoms with E-state index < -0.39 is 12.5 Å².